The fourth-order valence-corrected chi connectivity index (χ4v) is 0.324. The Bertz CT molecular complexity index is 80.5. The maximum absolute atomic E-state index is 5.16. The third kappa shape index (κ3) is 2.44. The lowest BCUT2D eigenvalue weighted by Crippen LogP contribution is -2.06. The van der Waals surface area contributed by atoms with Gasteiger partial charge in [-0.1, -0.05) is 19.0 Å². The Balaban J connectivity index is 0.000000222. The summed E-state index contributed by atoms with van der Waals surface area (Å²) in [6.07, 6.45) is 0.792. The molecule has 0 aromatic rings. The second-order valence-corrected chi connectivity index (χ2v) is 1.17. The molecule has 0 aromatic carbocycles. The second-order valence-electron chi connectivity index (χ2n) is 1.17. The average molecular weight is 116 g/mol. The average Bonchev–Trinajstić information content (AvgIpc) is 2.24. The van der Waals surface area contributed by atoms with Crippen LogP contribution in [0.2, 0.25) is 0 Å². The van der Waals surface area contributed by atoms with Crippen LogP contribution in [0, 0.1) is 0 Å². The molecule has 1 rings (SSSR count). The van der Waals surface area contributed by atoms with Gasteiger partial charge in [0.1, 0.15) is 12.4 Å². The highest BCUT2D eigenvalue weighted by Gasteiger charge is 1.99. The summed E-state index contributed by atoms with van der Waals surface area (Å²) in [6, 6.07) is 0. The molecule has 0 saturated carbocycles. The van der Waals surface area contributed by atoms with Crippen molar-refractivity contribution in [1.29, 1.82) is 0 Å². The van der Waals surface area contributed by atoms with Crippen molar-refractivity contribution in [2.45, 2.75) is 20.3 Å². The summed E-state index contributed by atoms with van der Waals surface area (Å²) in [6.45, 7) is 4.66. The lowest BCUT2D eigenvalue weighted by Gasteiger charge is -1.75. The molecular weight excluding hydrogens is 104 g/mol. The van der Waals surface area contributed by atoms with E-state index in [-0.39, 0.29) is 0 Å². The van der Waals surface area contributed by atoms with Crippen LogP contribution in [0.4, 0.5) is 0 Å². The van der Waals surface area contributed by atoms with Crippen LogP contribution >= 0.6 is 0 Å². The molecule has 1 aliphatic heterocycles. The molecule has 8 heavy (non-hydrogen) atoms. The van der Waals surface area contributed by atoms with Crippen molar-refractivity contribution >= 4 is 5.84 Å². The zero-order chi connectivity index (χ0) is 6.41. The van der Waals surface area contributed by atoms with Gasteiger partial charge in [0.05, 0.1) is 0 Å². The summed E-state index contributed by atoms with van der Waals surface area (Å²) < 4.78 is 0. The zero-order valence-corrected chi connectivity index (χ0v) is 5.35. The number of nitrogens with two attached hydrogens (primary N) is 1. The molecule has 0 saturated heterocycles. The van der Waals surface area contributed by atoms with Crippen molar-refractivity contribution in [2.24, 2.45) is 10.9 Å². The van der Waals surface area contributed by atoms with Gasteiger partial charge < -0.3 is 10.6 Å². The summed E-state index contributed by atoms with van der Waals surface area (Å²) >= 11 is 0. The highest BCUT2D eigenvalue weighted by molar-refractivity contribution is 5.80. The van der Waals surface area contributed by atoms with Gasteiger partial charge in [-0.05, 0) is 0 Å². The first-order valence-corrected chi connectivity index (χ1v) is 2.84. The molecule has 2 N–H and O–H groups in total. The normalized spacial score (nSPS) is 15.5. The molecule has 0 aliphatic carbocycles. The van der Waals surface area contributed by atoms with Crippen LogP contribution in [0.5, 0.6) is 0 Å². The highest BCUT2D eigenvalue weighted by Crippen LogP contribution is 1.92. The molecular formula is C5H12N2O. The van der Waals surface area contributed by atoms with E-state index in [1.165, 1.54) is 0 Å². The van der Waals surface area contributed by atoms with Gasteiger partial charge in [0.25, 0.3) is 0 Å². The number of oxime groups is 1. The monoisotopic (exact) mass is 116 g/mol. The Morgan fingerprint density at radius 1 is 1.62 bits per heavy atom. The lowest BCUT2D eigenvalue weighted by molar-refractivity contribution is 0.173. The third-order valence-electron chi connectivity index (χ3n) is 0.631. The number of amidine groups is 1. The molecule has 1 heterocycles. The van der Waals surface area contributed by atoms with Crippen LogP contribution in [0.1, 0.15) is 20.3 Å². The maximum Gasteiger partial charge on any atom is 0.142 e. The molecule has 0 unspecified atom stereocenters. The van der Waals surface area contributed by atoms with Crippen LogP contribution in [0.25, 0.3) is 0 Å². The third-order valence-corrected chi connectivity index (χ3v) is 0.631. The first kappa shape index (κ1) is 7.27. The van der Waals surface area contributed by atoms with Crippen molar-refractivity contribution in [3.8, 4) is 0 Å². The lowest BCUT2D eigenvalue weighted by atomic mass is 10.4. The summed E-state index contributed by atoms with van der Waals surface area (Å²) in [7, 11) is 0. The molecule has 0 fully saturated rings. The van der Waals surface area contributed by atoms with E-state index >= 15 is 0 Å². The molecule has 0 bridgehead atoms. The standard InChI is InChI=1S/C3H6N2O.C2H6/c4-3-1-2-6-5-3;1-2/h1-2H2,(H2,4,5);1-2H3. The fraction of sp³-hybridized carbons (Fsp3) is 0.800. The number of hydrogen-bond acceptors (Lipinski definition) is 3. The van der Waals surface area contributed by atoms with Gasteiger partial charge in [0.15, 0.2) is 0 Å². The number of nitrogens with zero attached hydrogens (tertiary/aromatic N) is 1. The summed E-state index contributed by atoms with van der Waals surface area (Å²) in [5.74, 6) is 0.606. The quantitative estimate of drug-likeness (QED) is 0.506. The minimum Gasteiger partial charge on any atom is -0.394 e. The molecule has 0 atom stereocenters. The van der Waals surface area contributed by atoms with Gasteiger partial charge in [0, 0.05) is 6.42 Å². The highest BCUT2D eigenvalue weighted by atomic mass is 16.6. The van der Waals surface area contributed by atoms with E-state index in [1.807, 2.05) is 13.8 Å². The molecule has 48 valence electrons. The predicted octanol–water partition coefficient (Wildman–Crippen LogP) is 0.705. The van der Waals surface area contributed by atoms with E-state index in [2.05, 4.69) is 9.99 Å². The van der Waals surface area contributed by atoms with Gasteiger partial charge in [-0.2, -0.15) is 0 Å². The summed E-state index contributed by atoms with van der Waals surface area (Å²) in [5, 5.41) is 3.43. The van der Waals surface area contributed by atoms with E-state index in [0.29, 0.717) is 12.4 Å². The Hall–Kier alpha value is -0.730. The van der Waals surface area contributed by atoms with Gasteiger partial charge in [-0.15, -0.1) is 0 Å². The molecule has 3 heteroatoms. The van der Waals surface area contributed by atoms with Crippen molar-refractivity contribution in [1.82, 2.24) is 0 Å². The molecule has 0 amide bonds. The summed E-state index contributed by atoms with van der Waals surface area (Å²) in [5.41, 5.74) is 5.16. The van der Waals surface area contributed by atoms with Crippen LogP contribution < -0.4 is 5.73 Å². The Morgan fingerprint density at radius 3 is 2.38 bits per heavy atom. The van der Waals surface area contributed by atoms with E-state index in [4.69, 9.17) is 5.73 Å². The second kappa shape index (κ2) is 4.43. The van der Waals surface area contributed by atoms with Gasteiger partial charge >= 0.3 is 0 Å². The smallest absolute Gasteiger partial charge is 0.142 e. The van der Waals surface area contributed by atoms with Crippen LogP contribution in [0.15, 0.2) is 5.16 Å². The first-order valence-electron chi connectivity index (χ1n) is 2.84. The molecule has 3 nitrogen and oxygen atoms in total. The van der Waals surface area contributed by atoms with Crippen molar-refractivity contribution in [2.75, 3.05) is 6.61 Å². The maximum atomic E-state index is 5.16. The van der Waals surface area contributed by atoms with Crippen LogP contribution in [0.3, 0.4) is 0 Å². The van der Waals surface area contributed by atoms with Crippen molar-refractivity contribution in [3.63, 3.8) is 0 Å². The zero-order valence-electron chi connectivity index (χ0n) is 5.35. The Labute approximate surface area is 49.5 Å². The molecule has 0 spiro atoms. The largest absolute Gasteiger partial charge is 0.394 e. The van der Waals surface area contributed by atoms with Crippen LogP contribution in [-0.2, 0) is 4.84 Å². The molecule has 1 aliphatic rings. The number of hydrogen-bond donors (Lipinski definition) is 1. The van der Waals surface area contributed by atoms with E-state index in [1.54, 1.807) is 0 Å². The first-order chi connectivity index (χ1) is 3.89. The van der Waals surface area contributed by atoms with Crippen molar-refractivity contribution < 1.29 is 4.84 Å². The minimum absolute atomic E-state index is 0.606. The van der Waals surface area contributed by atoms with Gasteiger partial charge in [0.2, 0.25) is 0 Å². The minimum atomic E-state index is 0.606. The fourth-order valence-electron chi connectivity index (χ4n) is 0.324. The summed E-state index contributed by atoms with van der Waals surface area (Å²) in [4.78, 5) is 4.52. The number of rotatable bonds is 0. The SMILES string of the molecule is CC.NC1=NOCC1. The van der Waals surface area contributed by atoms with E-state index in [9.17, 15) is 0 Å². The van der Waals surface area contributed by atoms with E-state index in [0.717, 1.165) is 6.42 Å². The van der Waals surface area contributed by atoms with Gasteiger partial charge in [-0.25, -0.2) is 0 Å². The molecule has 0 aromatic heterocycles. The van der Waals surface area contributed by atoms with Gasteiger partial charge in [-0.3, -0.25) is 0 Å². The Morgan fingerprint density at radius 2 is 2.25 bits per heavy atom. The van der Waals surface area contributed by atoms with Crippen LogP contribution in [-0.4, -0.2) is 12.4 Å². The van der Waals surface area contributed by atoms with Crippen molar-refractivity contribution in [3.05, 3.63) is 0 Å². The predicted molar refractivity (Wildman–Crippen MR) is 33.5 cm³/mol. The Kier molecular flexibility index (Phi) is 4.03. The molecule has 0 radical (unpaired) electrons. The topological polar surface area (TPSA) is 47.6 Å². The van der Waals surface area contributed by atoms with E-state index < -0.39 is 0 Å².